The third kappa shape index (κ3) is 5.08. The topological polar surface area (TPSA) is 81.2 Å². The number of H-pyrrole nitrogens is 1. The van der Waals surface area contributed by atoms with Crippen molar-refractivity contribution in [2.75, 3.05) is 13.1 Å². The Labute approximate surface area is 204 Å². The third-order valence-electron chi connectivity index (χ3n) is 6.81. The lowest BCUT2D eigenvalue weighted by Gasteiger charge is -2.47. The normalized spacial score (nSPS) is 20.1. The standard InChI is InChI=1S/C27H29FN6O/c1-18-16-34(19(2)15-33(18)17-20-6-12-24(28)13-7-20)26(23-4-3-5-25(35)14-23)21-8-10-22(11-9-21)27-29-31-32-30-27/h3-14,18-19,26,35H,15-17H2,1-2H3,(H,29,30,31,32)/t18-,19+,26-/m1/s1. The summed E-state index contributed by atoms with van der Waals surface area (Å²) in [6.45, 7) is 7.01. The van der Waals surface area contributed by atoms with Crippen LogP contribution in [0.25, 0.3) is 11.4 Å². The molecule has 0 saturated carbocycles. The van der Waals surface area contributed by atoms with Crippen LogP contribution in [0.15, 0.2) is 72.8 Å². The zero-order chi connectivity index (χ0) is 24.4. The van der Waals surface area contributed by atoms with Gasteiger partial charge in [0.05, 0.1) is 6.04 Å². The number of aromatic amines is 1. The second-order valence-corrected chi connectivity index (χ2v) is 9.31. The Morgan fingerprint density at radius 1 is 0.971 bits per heavy atom. The van der Waals surface area contributed by atoms with Crippen LogP contribution in [0.3, 0.4) is 0 Å². The van der Waals surface area contributed by atoms with E-state index >= 15 is 0 Å². The Balaban J connectivity index is 1.42. The molecule has 3 aromatic carbocycles. The van der Waals surface area contributed by atoms with Crippen molar-refractivity contribution in [2.24, 2.45) is 0 Å². The summed E-state index contributed by atoms with van der Waals surface area (Å²) >= 11 is 0. The molecule has 2 heterocycles. The fraction of sp³-hybridized carbons (Fsp3) is 0.296. The average Bonchev–Trinajstić information content (AvgIpc) is 3.39. The fourth-order valence-corrected chi connectivity index (χ4v) is 5.00. The number of nitrogens with zero attached hydrogens (tertiary/aromatic N) is 5. The zero-order valence-electron chi connectivity index (χ0n) is 19.8. The van der Waals surface area contributed by atoms with Crippen LogP contribution in [0.5, 0.6) is 5.75 Å². The number of tetrazole rings is 1. The lowest BCUT2D eigenvalue weighted by molar-refractivity contribution is 0.0195. The first kappa shape index (κ1) is 23.1. The van der Waals surface area contributed by atoms with Gasteiger partial charge in [-0.3, -0.25) is 9.80 Å². The van der Waals surface area contributed by atoms with Crippen LogP contribution in [0.4, 0.5) is 4.39 Å². The second-order valence-electron chi connectivity index (χ2n) is 9.31. The van der Waals surface area contributed by atoms with Crippen LogP contribution in [-0.4, -0.2) is 60.7 Å². The molecule has 0 bridgehead atoms. The van der Waals surface area contributed by atoms with Crippen molar-refractivity contribution in [3.05, 3.63) is 95.3 Å². The molecule has 0 aliphatic carbocycles. The Bertz CT molecular complexity index is 1250. The van der Waals surface area contributed by atoms with Crippen molar-refractivity contribution in [2.45, 2.75) is 38.5 Å². The van der Waals surface area contributed by atoms with Crippen molar-refractivity contribution < 1.29 is 9.50 Å². The number of piperazine rings is 1. The summed E-state index contributed by atoms with van der Waals surface area (Å²) in [4.78, 5) is 4.96. The van der Waals surface area contributed by atoms with Gasteiger partial charge in [0.1, 0.15) is 11.6 Å². The van der Waals surface area contributed by atoms with Gasteiger partial charge in [0, 0.05) is 37.3 Å². The maximum Gasteiger partial charge on any atom is 0.204 e. The molecular formula is C27H29FN6O. The maximum absolute atomic E-state index is 13.4. The molecular weight excluding hydrogens is 443 g/mol. The van der Waals surface area contributed by atoms with Gasteiger partial charge in [0.2, 0.25) is 5.82 Å². The van der Waals surface area contributed by atoms with Crippen molar-refractivity contribution in [3.8, 4) is 17.1 Å². The van der Waals surface area contributed by atoms with Crippen LogP contribution in [-0.2, 0) is 6.54 Å². The Hall–Kier alpha value is -3.62. The van der Waals surface area contributed by atoms with Crippen molar-refractivity contribution >= 4 is 0 Å². The highest BCUT2D eigenvalue weighted by molar-refractivity contribution is 5.55. The van der Waals surface area contributed by atoms with Crippen LogP contribution in [0.1, 0.15) is 36.6 Å². The minimum atomic E-state index is -0.209. The number of halogens is 1. The first-order chi connectivity index (χ1) is 17.0. The third-order valence-corrected chi connectivity index (χ3v) is 6.81. The van der Waals surface area contributed by atoms with E-state index in [-0.39, 0.29) is 23.7 Å². The van der Waals surface area contributed by atoms with Gasteiger partial charge in [-0.1, -0.05) is 48.5 Å². The molecule has 4 aromatic rings. The van der Waals surface area contributed by atoms with Crippen LogP contribution in [0.2, 0.25) is 0 Å². The zero-order valence-corrected chi connectivity index (χ0v) is 19.8. The van der Waals surface area contributed by atoms with Gasteiger partial charge in [-0.25, -0.2) is 4.39 Å². The molecule has 35 heavy (non-hydrogen) atoms. The fourth-order valence-electron chi connectivity index (χ4n) is 5.00. The van der Waals surface area contributed by atoms with Crippen molar-refractivity contribution in [3.63, 3.8) is 0 Å². The first-order valence-electron chi connectivity index (χ1n) is 11.8. The van der Waals surface area contributed by atoms with E-state index in [0.29, 0.717) is 11.9 Å². The molecule has 0 amide bonds. The number of benzene rings is 3. The molecule has 1 saturated heterocycles. The number of aromatic hydroxyl groups is 1. The first-order valence-corrected chi connectivity index (χ1v) is 11.8. The lowest BCUT2D eigenvalue weighted by atomic mass is 9.92. The van der Waals surface area contributed by atoms with E-state index in [1.165, 1.54) is 12.1 Å². The Kier molecular flexibility index (Phi) is 6.57. The molecule has 0 unspecified atom stereocenters. The van der Waals surface area contributed by atoms with E-state index < -0.39 is 0 Å². The molecule has 7 nitrogen and oxygen atoms in total. The highest BCUT2D eigenvalue weighted by Gasteiger charge is 2.35. The lowest BCUT2D eigenvalue weighted by Crippen LogP contribution is -2.56. The van der Waals surface area contributed by atoms with Gasteiger partial charge in [-0.2, -0.15) is 5.21 Å². The van der Waals surface area contributed by atoms with Gasteiger partial charge in [-0.05, 0) is 60.0 Å². The van der Waals surface area contributed by atoms with E-state index in [1.807, 2.05) is 36.4 Å². The highest BCUT2D eigenvalue weighted by Crippen LogP contribution is 2.35. The SMILES string of the molecule is C[C@@H]1CN([C@H](c2ccc(-c3nn[nH]n3)cc2)c2cccc(O)c2)[C@@H](C)CN1Cc1ccc(F)cc1. The van der Waals surface area contributed by atoms with Crippen LogP contribution in [0, 0.1) is 5.82 Å². The summed E-state index contributed by atoms with van der Waals surface area (Å²) in [5.74, 6) is 0.604. The molecule has 0 spiro atoms. The number of phenolic OH excluding ortho intramolecular Hbond substituents is 1. The second kappa shape index (κ2) is 9.93. The van der Waals surface area contributed by atoms with Gasteiger partial charge >= 0.3 is 0 Å². The van der Waals surface area contributed by atoms with E-state index in [9.17, 15) is 9.50 Å². The van der Waals surface area contributed by atoms with Crippen molar-refractivity contribution in [1.29, 1.82) is 0 Å². The summed E-state index contributed by atoms with van der Waals surface area (Å²) in [6.07, 6.45) is 0. The van der Waals surface area contributed by atoms with E-state index in [0.717, 1.165) is 41.9 Å². The van der Waals surface area contributed by atoms with Crippen LogP contribution >= 0.6 is 0 Å². The van der Waals surface area contributed by atoms with Gasteiger partial charge in [0.15, 0.2) is 0 Å². The number of phenols is 1. The van der Waals surface area contributed by atoms with Gasteiger partial charge < -0.3 is 5.11 Å². The summed E-state index contributed by atoms with van der Waals surface area (Å²) in [7, 11) is 0. The number of hydrogen-bond acceptors (Lipinski definition) is 6. The molecule has 2 N–H and O–H groups in total. The molecule has 8 heteroatoms. The van der Waals surface area contributed by atoms with Gasteiger partial charge in [0.25, 0.3) is 0 Å². The minimum absolute atomic E-state index is 0.0214. The molecule has 3 atom stereocenters. The molecule has 1 aliphatic rings. The summed E-state index contributed by atoms with van der Waals surface area (Å²) in [5.41, 5.74) is 4.18. The number of hydrogen-bond donors (Lipinski definition) is 2. The molecule has 1 fully saturated rings. The van der Waals surface area contributed by atoms with E-state index in [4.69, 9.17) is 0 Å². The predicted octanol–water partition coefficient (Wildman–Crippen LogP) is 4.40. The highest BCUT2D eigenvalue weighted by atomic mass is 19.1. The predicted molar refractivity (Wildman–Crippen MR) is 132 cm³/mol. The largest absolute Gasteiger partial charge is 0.508 e. The summed E-state index contributed by atoms with van der Waals surface area (Å²) in [6, 6.07) is 23.0. The molecule has 5 rings (SSSR count). The van der Waals surface area contributed by atoms with Crippen LogP contribution < -0.4 is 0 Å². The molecule has 1 aromatic heterocycles. The van der Waals surface area contributed by atoms with E-state index in [2.05, 4.69) is 62.5 Å². The smallest absolute Gasteiger partial charge is 0.204 e. The Morgan fingerprint density at radius 3 is 2.43 bits per heavy atom. The molecule has 1 aliphatic heterocycles. The van der Waals surface area contributed by atoms with Gasteiger partial charge in [-0.15, -0.1) is 10.2 Å². The molecule has 0 radical (unpaired) electrons. The number of nitrogens with one attached hydrogen (secondary N) is 1. The van der Waals surface area contributed by atoms with Crippen molar-refractivity contribution in [1.82, 2.24) is 30.4 Å². The average molecular weight is 473 g/mol. The molecule has 180 valence electrons. The number of rotatable bonds is 6. The quantitative estimate of drug-likeness (QED) is 0.433. The monoisotopic (exact) mass is 472 g/mol. The summed E-state index contributed by atoms with van der Waals surface area (Å²) < 4.78 is 13.4. The summed E-state index contributed by atoms with van der Waals surface area (Å²) in [5, 5.41) is 24.5. The number of aromatic nitrogens is 4. The van der Waals surface area contributed by atoms with E-state index in [1.54, 1.807) is 6.07 Å². The maximum atomic E-state index is 13.4. The minimum Gasteiger partial charge on any atom is -0.508 e. The Morgan fingerprint density at radius 2 is 1.74 bits per heavy atom.